The fourth-order valence-electron chi connectivity index (χ4n) is 0.575. The number of nitrogens with zero attached hydrogens (tertiary/aromatic N) is 2. The van der Waals surface area contributed by atoms with Crippen LogP contribution >= 0.6 is 27.5 Å². The number of aliphatic hydroxyl groups excluding tert-OH is 1. The normalized spacial score (nSPS) is 8.93. The molecule has 1 heterocycles. The van der Waals surface area contributed by atoms with Gasteiger partial charge in [0, 0.05) is 6.20 Å². The second-order valence-corrected chi connectivity index (χ2v) is 3.06. The van der Waals surface area contributed by atoms with Crippen molar-refractivity contribution >= 4 is 27.5 Å². The molecule has 0 aromatic carbocycles. The van der Waals surface area contributed by atoms with E-state index in [9.17, 15) is 0 Å². The highest BCUT2D eigenvalue weighted by atomic mass is 79.9. The van der Waals surface area contributed by atoms with Crippen LogP contribution in [0.4, 0.5) is 0 Å². The quantitative estimate of drug-likeness (QED) is 0.865. The van der Waals surface area contributed by atoms with Crippen LogP contribution in [0.2, 0.25) is 5.28 Å². The van der Waals surface area contributed by atoms with Crippen molar-refractivity contribution in [2.75, 3.05) is 13.2 Å². The molecule has 0 saturated heterocycles. The first-order valence-electron chi connectivity index (χ1n) is 4.15. The predicted octanol–water partition coefficient (Wildman–Crippen LogP) is 2.29. The van der Waals surface area contributed by atoms with Crippen molar-refractivity contribution in [3.63, 3.8) is 0 Å². The predicted molar refractivity (Wildman–Crippen MR) is 58.7 cm³/mol. The molecule has 80 valence electrons. The highest BCUT2D eigenvalue weighted by Crippen LogP contribution is 2.21. The maximum Gasteiger partial charge on any atom is 0.232 e. The van der Waals surface area contributed by atoms with Gasteiger partial charge in [-0.2, -0.15) is 4.98 Å². The van der Waals surface area contributed by atoms with E-state index in [4.69, 9.17) is 21.4 Å². The smallest absolute Gasteiger partial charge is 0.232 e. The summed E-state index contributed by atoms with van der Waals surface area (Å²) in [5, 5.41) is 8.59. The van der Waals surface area contributed by atoms with Gasteiger partial charge in [-0.05, 0) is 27.5 Å². The van der Waals surface area contributed by atoms with E-state index in [1.807, 2.05) is 13.8 Å². The zero-order valence-electron chi connectivity index (χ0n) is 8.00. The average Bonchev–Trinajstić information content (AvgIpc) is 2.22. The van der Waals surface area contributed by atoms with Gasteiger partial charge in [0.1, 0.15) is 6.61 Å². The van der Waals surface area contributed by atoms with Crippen LogP contribution in [0.5, 0.6) is 5.88 Å². The second-order valence-electron chi connectivity index (χ2n) is 1.86. The number of hydrogen-bond acceptors (Lipinski definition) is 4. The molecule has 0 aliphatic carbocycles. The maximum atomic E-state index is 8.47. The third kappa shape index (κ3) is 4.74. The van der Waals surface area contributed by atoms with Crippen LogP contribution in [0.15, 0.2) is 10.7 Å². The first-order chi connectivity index (χ1) is 6.74. The molecule has 0 unspecified atom stereocenters. The summed E-state index contributed by atoms with van der Waals surface area (Å²) in [5.74, 6) is 0.337. The van der Waals surface area contributed by atoms with Crippen molar-refractivity contribution in [3.8, 4) is 5.88 Å². The van der Waals surface area contributed by atoms with Gasteiger partial charge in [0.25, 0.3) is 0 Å². The highest BCUT2D eigenvalue weighted by Gasteiger charge is 2.03. The topological polar surface area (TPSA) is 55.2 Å². The molecule has 1 aromatic rings. The van der Waals surface area contributed by atoms with E-state index in [0.29, 0.717) is 10.4 Å². The van der Waals surface area contributed by atoms with Crippen LogP contribution in [0.3, 0.4) is 0 Å². The van der Waals surface area contributed by atoms with Crippen molar-refractivity contribution in [2.24, 2.45) is 0 Å². The molecule has 0 fully saturated rings. The molecule has 1 N–H and O–H groups in total. The van der Waals surface area contributed by atoms with Gasteiger partial charge in [-0.15, -0.1) is 0 Å². The Hall–Kier alpha value is -0.390. The molecule has 0 aliphatic heterocycles. The summed E-state index contributed by atoms with van der Waals surface area (Å²) in [7, 11) is 0. The number of hydrogen-bond donors (Lipinski definition) is 1. The fourth-order valence-corrected chi connectivity index (χ4v) is 1.01. The molecule has 0 atom stereocenters. The molecule has 0 bridgehead atoms. The van der Waals surface area contributed by atoms with E-state index in [0.717, 1.165) is 0 Å². The number of halogens is 2. The zero-order valence-corrected chi connectivity index (χ0v) is 10.3. The highest BCUT2D eigenvalue weighted by molar-refractivity contribution is 9.10. The lowest BCUT2D eigenvalue weighted by atomic mass is 10.6. The molecule has 0 spiro atoms. The van der Waals surface area contributed by atoms with E-state index < -0.39 is 0 Å². The first kappa shape index (κ1) is 13.6. The number of rotatable bonds is 3. The van der Waals surface area contributed by atoms with E-state index in [-0.39, 0.29) is 18.5 Å². The Morgan fingerprint density at radius 1 is 1.57 bits per heavy atom. The lowest BCUT2D eigenvalue weighted by molar-refractivity contribution is 0.195. The van der Waals surface area contributed by atoms with E-state index in [2.05, 4.69) is 25.9 Å². The SMILES string of the molecule is CC.OCCOc1nc(Cl)ncc1Br. The third-order valence-electron chi connectivity index (χ3n) is 1.01. The summed E-state index contributed by atoms with van der Waals surface area (Å²) in [5.41, 5.74) is 0. The molecule has 0 amide bonds. The van der Waals surface area contributed by atoms with Gasteiger partial charge < -0.3 is 9.84 Å². The summed E-state index contributed by atoms with van der Waals surface area (Å²) in [6.45, 7) is 4.13. The van der Waals surface area contributed by atoms with Crippen LogP contribution < -0.4 is 4.74 Å². The summed E-state index contributed by atoms with van der Waals surface area (Å²) < 4.78 is 5.65. The average molecular weight is 284 g/mol. The van der Waals surface area contributed by atoms with Gasteiger partial charge in [0.05, 0.1) is 11.1 Å². The van der Waals surface area contributed by atoms with Crippen molar-refractivity contribution < 1.29 is 9.84 Å². The van der Waals surface area contributed by atoms with Crippen molar-refractivity contribution in [3.05, 3.63) is 16.0 Å². The summed E-state index contributed by atoms with van der Waals surface area (Å²) in [6, 6.07) is 0. The molecule has 1 rings (SSSR count). The molecular weight excluding hydrogens is 271 g/mol. The Balaban J connectivity index is 0.000000791. The van der Waals surface area contributed by atoms with Gasteiger partial charge >= 0.3 is 0 Å². The Bertz CT molecular complexity index is 274. The van der Waals surface area contributed by atoms with E-state index >= 15 is 0 Å². The Kier molecular flexibility index (Phi) is 7.74. The van der Waals surface area contributed by atoms with Crippen LogP contribution in [-0.2, 0) is 0 Å². The van der Waals surface area contributed by atoms with Crippen LogP contribution in [0, 0.1) is 0 Å². The molecular formula is C8H12BrClN2O2. The molecule has 4 nitrogen and oxygen atoms in total. The lowest BCUT2D eigenvalue weighted by Crippen LogP contribution is -2.04. The largest absolute Gasteiger partial charge is 0.474 e. The summed E-state index contributed by atoms with van der Waals surface area (Å²) in [4.78, 5) is 7.50. The monoisotopic (exact) mass is 282 g/mol. The summed E-state index contributed by atoms with van der Waals surface area (Å²) >= 11 is 8.68. The van der Waals surface area contributed by atoms with Gasteiger partial charge in [0.2, 0.25) is 11.2 Å². The summed E-state index contributed by atoms with van der Waals surface area (Å²) in [6.07, 6.45) is 1.49. The van der Waals surface area contributed by atoms with Crippen LogP contribution in [-0.4, -0.2) is 28.3 Å². The van der Waals surface area contributed by atoms with Gasteiger partial charge in [-0.1, -0.05) is 13.8 Å². The maximum absolute atomic E-state index is 8.47. The molecule has 0 aliphatic rings. The van der Waals surface area contributed by atoms with Crippen LogP contribution in [0.25, 0.3) is 0 Å². The number of aliphatic hydroxyl groups is 1. The second kappa shape index (κ2) is 7.96. The van der Waals surface area contributed by atoms with Crippen molar-refractivity contribution in [1.29, 1.82) is 0 Å². The number of aromatic nitrogens is 2. The minimum atomic E-state index is -0.0614. The molecule has 0 saturated carbocycles. The number of ether oxygens (including phenoxy) is 1. The van der Waals surface area contributed by atoms with E-state index in [1.165, 1.54) is 6.20 Å². The lowest BCUT2D eigenvalue weighted by Gasteiger charge is -2.03. The molecule has 0 radical (unpaired) electrons. The van der Waals surface area contributed by atoms with Gasteiger partial charge in [-0.3, -0.25) is 0 Å². The third-order valence-corrected chi connectivity index (χ3v) is 1.74. The molecule has 14 heavy (non-hydrogen) atoms. The van der Waals surface area contributed by atoms with Crippen molar-refractivity contribution in [1.82, 2.24) is 9.97 Å². The minimum absolute atomic E-state index is 0.0614. The standard InChI is InChI=1S/C6H6BrClN2O2.C2H6/c7-4-3-9-6(8)10-5(4)12-2-1-11;1-2/h3,11H,1-2H2;1-2H3. The minimum Gasteiger partial charge on any atom is -0.474 e. The molecule has 6 heteroatoms. The molecule has 1 aromatic heterocycles. The first-order valence-corrected chi connectivity index (χ1v) is 5.33. The Morgan fingerprint density at radius 2 is 2.21 bits per heavy atom. The van der Waals surface area contributed by atoms with Gasteiger partial charge in [-0.25, -0.2) is 4.98 Å². The Labute approximate surface area is 96.4 Å². The van der Waals surface area contributed by atoms with Gasteiger partial charge in [0.15, 0.2) is 0 Å². The zero-order chi connectivity index (χ0) is 11.0. The van der Waals surface area contributed by atoms with E-state index in [1.54, 1.807) is 0 Å². The van der Waals surface area contributed by atoms with Crippen molar-refractivity contribution in [2.45, 2.75) is 13.8 Å². The Morgan fingerprint density at radius 3 is 2.79 bits per heavy atom. The fraction of sp³-hybridized carbons (Fsp3) is 0.500. The van der Waals surface area contributed by atoms with Crippen LogP contribution in [0.1, 0.15) is 13.8 Å².